The Labute approximate surface area is 238 Å². The van der Waals surface area contributed by atoms with Crippen molar-refractivity contribution in [2.24, 2.45) is 16.3 Å². The second-order valence-electron chi connectivity index (χ2n) is 11.2. The van der Waals surface area contributed by atoms with Gasteiger partial charge in [-0.1, -0.05) is 54.9 Å². The molecule has 0 aliphatic heterocycles. The Balaban J connectivity index is 1.52. The lowest BCUT2D eigenvalue weighted by molar-refractivity contribution is 0.102. The van der Waals surface area contributed by atoms with Crippen molar-refractivity contribution >= 4 is 50.1 Å². The molecule has 1 aliphatic carbocycles. The average molecular weight is 589 g/mol. The molecule has 1 N–H and O–H groups in total. The van der Waals surface area contributed by atoms with Gasteiger partial charge in [-0.3, -0.25) is 4.79 Å². The van der Waals surface area contributed by atoms with E-state index in [-0.39, 0.29) is 11.3 Å². The Morgan fingerprint density at radius 3 is 2.50 bits per heavy atom. The number of halogens is 1. The van der Waals surface area contributed by atoms with Crippen molar-refractivity contribution < 1.29 is 4.79 Å². The lowest BCUT2D eigenvalue weighted by atomic mass is 9.72. The number of aliphatic imine (C=N–C) groups is 1. The van der Waals surface area contributed by atoms with Crippen LogP contribution in [0, 0.1) is 25.2 Å². The van der Waals surface area contributed by atoms with Gasteiger partial charge >= 0.3 is 0 Å². The molecule has 0 saturated carbocycles. The van der Waals surface area contributed by atoms with Crippen LogP contribution in [0.3, 0.4) is 0 Å². The van der Waals surface area contributed by atoms with Gasteiger partial charge in [-0.2, -0.15) is 0 Å². The van der Waals surface area contributed by atoms with E-state index < -0.39 is 0 Å². The molecule has 0 saturated heterocycles. The van der Waals surface area contributed by atoms with Gasteiger partial charge in [0.1, 0.15) is 5.00 Å². The number of aryl methyl sites for hydroxylation is 1. The monoisotopic (exact) mass is 587 g/mol. The first-order valence-corrected chi connectivity index (χ1v) is 14.7. The molecule has 2 aromatic heterocycles. The second-order valence-corrected chi connectivity index (χ2v) is 13.2. The largest absolute Gasteiger partial charge is 0.322 e. The van der Waals surface area contributed by atoms with Gasteiger partial charge in [0.05, 0.1) is 5.56 Å². The highest BCUT2D eigenvalue weighted by Crippen LogP contribution is 2.45. The van der Waals surface area contributed by atoms with Gasteiger partial charge in [-0.25, -0.2) is 4.99 Å². The molecular weight excluding hydrogens is 554 g/mol. The molecule has 196 valence electrons. The Hall–Kier alpha value is -2.96. The van der Waals surface area contributed by atoms with Crippen LogP contribution in [0.5, 0.6) is 0 Å². The third kappa shape index (κ3) is 5.43. The first-order valence-electron chi connectivity index (χ1n) is 13.1. The normalized spacial score (nSPS) is 15.6. The highest BCUT2D eigenvalue weighted by atomic mass is 79.9. The molecule has 0 radical (unpaired) electrons. The molecule has 4 nitrogen and oxygen atoms in total. The number of nitrogens with one attached hydrogen (secondary N) is 1. The molecule has 2 aromatic carbocycles. The number of thiophene rings is 1. The van der Waals surface area contributed by atoms with Crippen molar-refractivity contribution in [2.45, 2.75) is 53.9 Å². The number of aromatic nitrogens is 1. The van der Waals surface area contributed by atoms with Crippen molar-refractivity contribution in [2.75, 3.05) is 5.32 Å². The Kier molecular flexibility index (Phi) is 7.47. The van der Waals surface area contributed by atoms with Crippen LogP contribution in [-0.2, 0) is 12.8 Å². The van der Waals surface area contributed by atoms with E-state index in [1.807, 2.05) is 36.5 Å². The zero-order chi connectivity index (χ0) is 27.0. The number of hydrogen-bond acceptors (Lipinski definition) is 3. The van der Waals surface area contributed by atoms with E-state index in [1.54, 1.807) is 11.3 Å². The fourth-order valence-electron chi connectivity index (χ4n) is 5.38. The standard InChI is InChI=1S/C32H34BrN3OS/c1-20-17-22(21(2)36(20)26-14-12-24(33)13-15-26)19-34-31-29(30(37)35-25-9-7-6-8-10-25)27-16-11-23(32(3,4)5)18-28(27)38-31/h6-10,12-15,17,19,23H,11,16,18H2,1-5H3,(H,35,37)/t23-/m1/s1. The van der Waals surface area contributed by atoms with Crippen molar-refractivity contribution in [3.05, 3.63) is 98.1 Å². The van der Waals surface area contributed by atoms with Gasteiger partial charge in [0.15, 0.2) is 0 Å². The summed E-state index contributed by atoms with van der Waals surface area (Å²) in [6.07, 6.45) is 4.94. The summed E-state index contributed by atoms with van der Waals surface area (Å²) < 4.78 is 3.30. The zero-order valence-electron chi connectivity index (χ0n) is 22.6. The van der Waals surface area contributed by atoms with E-state index in [4.69, 9.17) is 4.99 Å². The van der Waals surface area contributed by atoms with E-state index in [9.17, 15) is 4.79 Å². The first kappa shape index (κ1) is 26.6. The van der Waals surface area contributed by atoms with Gasteiger partial charge in [-0.05, 0) is 92.5 Å². The quantitative estimate of drug-likeness (QED) is 0.232. The molecule has 1 atom stereocenters. The predicted octanol–water partition coefficient (Wildman–Crippen LogP) is 9.07. The number of fused-ring (bicyclic) bond motifs is 1. The molecule has 5 rings (SSSR count). The number of benzene rings is 2. The van der Waals surface area contributed by atoms with E-state index in [2.05, 4.69) is 90.8 Å². The van der Waals surface area contributed by atoms with Crippen LogP contribution < -0.4 is 5.32 Å². The molecule has 1 amide bonds. The maximum Gasteiger partial charge on any atom is 0.259 e. The maximum absolute atomic E-state index is 13.6. The minimum absolute atomic E-state index is 0.0737. The summed E-state index contributed by atoms with van der Waals surface area (Å²) in [5.74, 6) is 0.524. The van der Waals surface area contributed by atoms with E-state index in [0.29, 0.717) is 5.92 Å². The number of carbonyl (C=O) groups excluding carboxylic acids is 1. The first-order chi connectivity index (χ1) is 18.1. The molecular formula is C32H34BrN3OS. The number of amides is 1. The third-order valence-electron chi connectivity index (χ3n) is 7.61. The van der Waals surface area contributed by atoms with Crippen molar-refractivity contribution in [3.63, 3.8) is 0 Å². The number of anilines is 1. The maximum atomic E-state index is 13.6. The summed E-state index contributed by atoms with van der Waals surface area (Å²) in [6, 6.07) is 20.2. The SMILES string of the molecule is Cc1cc(C=Nc2sc3c(c2C(=O)Nc2ccccc2)CC[C@@H](C(C)(C)C)C3)c(C)n1-c1ccc(Br)cc1. The second kappa shape index (κ2) is 10.7. The van der Waals surface area contributed by atoms with E-state index in [0.717, 1.165) is 62.6 Å². The lowest BCUT2D eigenvalue weighted by Crippen LogP contribution is -2.27. The van der Waals surface area contributed by atoms with Crippen molar-refractivity contribution in [3.8, 4) is 5.69 Å². The Morgan fingerprint density at radius 2 is 1.82 bits per heavy atom. The van der Waals surface area contributed by atoms with Crippen molar-refractivity contribution in [1.29, 1.82) is 0 Å². The van der Waals surface area contributed by atoms with Crippen LogP contribution in [0.1, 0.15) is 64.9 Å². The summed E-state index contributed by atoms with van der Waals surface area (Å²) in [4.78, 5) is 19.9. The summed E-state index contributed by atoms with van der Waals surface area (Å²) in [5, 5.41) is 3.91. The van der Waals surface area contributed by atoms with Gasteiger partial charge < -0.3 is 9.88 Å². The fourth-order valence-corrected chi connectivity index (χ4v) is 6.92. The molecule has 2 heterocycles. The summed E-state index contributed by atoms with van der Waals surface area (Å²) in [5.41, 5.74) is 7.39. The number of rotatable bonds is 5. The van der Waals surface area contributed by atoms with Gasteiger partial charge in [0.2, 0.25) is 0 Å². The van der Waals surface area contributed by atoms with Crippen LogP contribution in [0.4, 0.5) is 10.7 Å². The number of carbonyl (C=O) groups is 1. The topological polar surface area (TPSA) is 46.4 Å². The minimum Gasteiger partial charge on any atom is -0.322 e. The van der Waals surface area contributed by atoms with Crippen LogP contribution in [0.15, 0.2) is 70.1 Å². The van der Waals surface area contributed by atoms with E-state index >= 15 is 0 Å². The molecule has 0 unspecified atom stereocenters. The highest BCUT2D eigenvalue weighted by Gasteiger charge is 2.33. The molecule has 6 heteroatoms. The smallest absolute Gasteiger partial charge is 0.259 e. The van der Waals surface area contributed by atoms with Crippen LogP contribution in [0.25, 0.3) is 5.69 Å². The molecule has 0 bridgehead atoms. The van der Waals surface area contributed by atoms with Crippen LogP contribution in [-0.4, -0.2) is 16.7 Å². The minimum atomic E-state index is -0.0737. The summed E-state index contributed by atoms with van der Waals surface area (Å²) in [6.45, 7) is 11.2. The predicted molar refractivity (Wildman–Crippen MR) is 164 cm³/mol. The summed E-state index contributed by atoms with van der Waals surface area (Å²) in [7, 11) is 0. The highest BCUT2D eigenvalue weighted by molar-refractivity contribution is 9.10. The lowest BCUT2D eigenvalue weighted by Gasteiger charge is -2.33. The van der Waals surface area contributed by atoms with Crippen LogP contribution >= 0.6 is 27.3 Å². The zero-order valence-corrected chi connectivity index (χ0v) is 25.0. The van der Waals surface area contributed by atoms with Crippen molar-refractivity contribution in [1.82, 2.24) is 4.57 Å². The van der Waals surface area contributed by atoms with E-state index in [1.165, 1.54) is 10.4 Å². The average Bonchev–Trinajstić information content (AvgIpc) is 3.39. The molecule has 4 aromatic rings. The number of nitrogens with zero attached hydrogens (tertiary/aromatic N) is 2. The molecule has 1 aliphatic rings. The Morgan fingerprint density at radius 1 is 1.11 bits per heavy atom. The fraction of sp³-hybridized carbons (Fsp3) is 0.312. The summed E-state index contributed by atoms with van der Waals surface area (Å²) >= 11 is 5.21. The van der Waals surface area contributed by atoms with Gasteiger partial charge in [0, 0.05) is 43.9 Å². The van der Waals surface area contributed by atoms with Crippen LogP contribution in [0.2, 0.25) is 0 Å². The molecule has 38 heavy (non-hydrogen) atoms. The number of hydrogen-bond donors (Lipinski definition) is 1. The molecule has 0 fully saturated rings. The molecule has 0 spiro atoms. The van der Waals surface area contributed by atoms with Gasteiger partial charge in [0.25, 0.3) is 5.91 Å². The third-order valence-corrected chi connectivity index (χ3v) is 9.30. The van der Waals surface area contributed by atoms with Gasteiger partial charge in [-0.15, -0.1) is 11.3 Å². The number of para-hydroxylation sites is 1. The Bertz CT molecular complexity index is 1490.